The van der Waals surface area contributed by atoms with Crippen molar-refractivity contribution in [2.75, 3.05) is 0 Å². The number of ether oxygens (including phenoxy) is 1. The lowest BCUT2D eigenvalue weighted by Crippen LogP contribution is -2.00. The van der Waals surface area contributed by atoms with Gasteiger partial charge in [-0.15, -0.1) is 0 Å². The molecule has 0 aliphatic heterocycles. The summed E-state index contributed by atoms with van der Waals surface area (Å²) in [5, 5.41) is 0. The molecule has 2 heteroatoms. The first-order valence-corrected chi connectivity index (χ1v) is 6.38. The molecule has 17 heavy (non-hydrogen) atoms. The van der Waals surface area contributed by atoms with E-state index in [0.29, 0.717) is 11.3 Å². The van der Waals surface area contributed by atoms with Crippen LogP contribution >= 0.6 is 0 Å². The van der Waals surface area contributed by atoms with Gasteiger partial charge in [0.05, 0.1) is 6.10 Å². The first-order chi connectivity index (χ1) is 8.24. The van der Waals surface area contributed by atoms with Crippen LogP contribution in [0, 0.1) is 18.7 Å². The van der Waals surface area contributed by atoms with Crippen LogP contribution in [0.2, 0.25) is 0 Å². The van der Waals surface area contributed by atoms with Crippen molar-refractivity contribution in [2.45, 2.75) is 38.7 Å². The molecule has 2 aliphatic rings. The van der Waals surface area contributed by atoms with E-state index in [4.69, 9.17) is 4.74 Å². The molecule has 0 atom stereocenters. The Labute approximate surface area is 101 Å². The molecule has 0 radical (unpaired) electrons. The van der Waals surface area contributed by atoms with Crippen molar-refractivity contribution in [1.29, 1.82) is 0 Å². The smallest absolute Gasteiger partial charge is 0.168 e. The van der Waals surface area contributed by atoms with Gasteiger partial charge in [-0.1, -0.05) is 18.2 Å². The zero-order chi connectivity index (χ0) is 11.8. The van der Waals surface area contributed by atoms with Crippen LogP contribution in [0.3, 0.4) is 0 Å². The van der Waals surface area contributed by atoms with E-state index in [1.807, 2.05) is 19.1 Å². The van der Waals surface area contributed by atoms with E-state index in [1.54, 1.807) is 6.07 Å². The second-order valence-electron chi connectivity index (χ2n) is 5.11. The molecule has 0 spiro atoms. The monoisotopic (exact) mass is 232 g/mol. The Balaban J connectivity index is 1.81. The van der Waals surface area contributed by atoms with Crippen molar-refractivity contribution < 1.29 is 9.13 Å². The molecular weight excluding hydrogens is 215 g/mol. The maximum atomic E-state index is 14.0. The highest BCUT2D eigenvalue weighted by molar-refractivity contribution is 5.56. The minimum atomic E-state index is -0.199. The van der Waals surface area contributed by atoms with Gasteiger partial charge in [-0.05, 0) is 55.7 Å². The largest absolute Gasteiger partial charge is 0.487 e. The highest BCUT2D eigenvalue weighted by Crippen LogP contribution is 2.33. The van der Waals surface area contributed by atoms with Crippen LogP contribution in [0.15, 0.2) is 18.2 Å². The zero-order valence-corrected chi connectivity index (χ0v) is 10.1. The molecule has 0 unspecified atom stereocenters. The minimum absolute atomic E-state index is 0.199. The van der Waals surface area contributed by atoms with Crippen molar-refractivity contribution in [3.63, 3.8) is 0 Å². The third kappa shape index (κ3) is 2.51. The zero-order valence-electron chi connectivity index (χ0n) is 10.1. The van der Waals surface area contributed by atoms with Gasteiger partial charge in [-0.2, -0.15) is 0 Å². The van der Waals surface area contributed by atoms with Gasteiger partial charge in [0, 0.05) is 0 Å². The Morgan fingerprint density at radius 2 is 2.00 bits per heavy atom. The number of benzene rings is 1. The SMILES string of the molecule is Cc1c(/C=C/C2CC2)ccc(OC2CC2)c1F. The first kappa shape index (κ1) is 10.8. The van der Waals surface area contributed by atoms with Crippen molar-refractivity contribution in [3.05, 3.63) is 35.2 Å². The Kier molecular flexibility index (Phi) is 2.65. The standard InChI is InChI=1S/C15H17FO/c1-10-12(5-4-11-2-3-11)6-9-14(15(10)16)17-13-7-8-13/h4-6,9,11,13H,2-3,7-8H2,1H3/b5-4+. The summed E-state index contributed by atoms with van der Waals surface area (Å²) in [4.78, 5) is 0. The maximum absolute atomic E-state index is 14.0. The van der Waals surface area contributed by atoms with Crippen LogP contribution in [-0.4, -0.2) is 6.10 Å². The minimum Gasteiger partial charge on any atom is -0.487 e. The van der Waals surface area contributed by atoms with Crippen LogP contribution in [0.5, 0.6) is 5.75 Å². The molecule has 2 saturated carbocycles. The summed E-state index contributed by atoms with van der Waals surface area (Å²) >= 11 is 0. The molecule has 1 aromatic rings. The predicted octanol–water partition coefficient (Wildman–Crippen LogP) is 4.10. The maximum Gasteiger partial charge on any atom is 0.168 e. The predicted molar refractivity (Wildman–Crippen MR) is 66.5 cm³/mol. The molecule has 0 N–H and O–H groups in total. The lowest BCUT2D eigenvalue weighted by Gasteiger charge is -2.09. The third-order valence-electron chi connectivity index (χ3n) is 3.38. The van der Waals surface area contributed by atoms with E-state index < -0.39 is 0 Å². The second kappa shape index (κ2) is 4.17. The van der Waals surface area contributed by atoms with Crippen LogP contribution < -0.4 is 4.74 Å². The number of allylic oxidation sites excluding steroid dienone is 1. The number of hydrogen-bond acceptors (Lipinski definition) is 1. The fourth-order valence-corrected chi connectivity index (χ4v) is 1.84. The molecule has 90 valence electrons. The number of hydrogen-bond donors (Lipinski definition) is 0. The van der Waals surface area contributed by atoms with Crippen LogP contribution in [-0.2, 0) is 0 Å². The Morgan fingerprint density at radius 3 is 2.65 bits per heavy atom. The van der Waals surface area contributed by atoms with Crippen molar-refractivity contribution >= 4 is 6.08 Å². The molecule has 3 rings (SSSR count). The van der Waals surface area contributed by atoms with Gasteiger partial charge >= 0.3 is 0 Å². The van der Waals surface area contributed by atoms with Crippen LogP contribution in [0.4, 0.5) is 4.39 Å². The summed E-state index contributed by atoms with van der Waals surface area (Å²) in [5.41, 5.74) is 1.66. The van der Waals surface area contributed by atoms with Gasteiger partial charge in [0.15, 0.2) is 11.6 Å². The second-order valence-corrected chi connectivity index (χ2v) is 5.11. The topological polar surface area (TPSA) is 9.23 Å². The molecule has 0 bridgehead atoms. The Hall–Kier alpha value is -1.31. The lowest BCUT2D eigenvalue weighted by atomic mass is 10.1. The summed E-state index contributed by atoms with van der Waals surface area (Å²) in [6.07, 6.45) is 9.14. The molecule has 0 aromatic heterocycles. The molecule has 0 saturated heterocycles. The molecule has 1 aromatic carbocycles. The summed E-state index contributed by atoms with van der Waals surface area (Å²) in [7, 11) is 0. The van der Waals surface area contributed by atoms with Gasteiger partial charge < -0.3 is 4.74 Å². The molecule has 0 amide bonds. The van der Waals surface area contributed by atoms with E-state index in [1.165, 1.54) is 12.8 Å². The highest BCUT2D eigenvalue weighted by atomic mass is 19.1. The van der Waals surface area contributed by atoms with Gasteiger partial charge in [0.25, 0.3) is 0 Å². The Bertz CT molecular complexity index is 456. The first-order valence-electron chi connectivity index (χ1n) is 6.38. The highest BCUT2D eigenvalue weighted by Gasteiger charge is 2.25. The van der Waals surface area contributed by atoms with Crippen molar-refractivity contribution in [3.8, 4) is 5.75 Å². The summed E-state index contributed by atoms with van der Waals surface area (Å²) in [6, 6.07) is 3.71. The van der Waals surface area contributed by atoms with E-state index >= 15 is 0 Å². The number of rotatable bonds is 4. The van der Waals surface area contributed by atoms with Crippen LogP contribution in [0.1, 0.15) is 36.8 Å². The molecule has 2 aliphatic carbocycles. The quantitative estimate of drug-likeness (QED) is 0.759. The van der Waals surface area contributed by atoms with Gasteiger partial charge in [-0.25, -0.2) is 4.39 Å². The summed E-state index contributed by atoms with van der Waals surface area (Å²) in [6.45, 7) is 1.82. The average Bonchev–Trinajstić information content (AvgIpc) is 3.17. The van der Waals surface area contributed by atoms with Gasteiger partial charge in [0.1, 0.15) is 0 Å². The van der Waals surface area contributed by atoms with E-state index in [0.717, 1.165) is 24.3 Å². The van der Waals surface area contributed by atoms with Gasteiger partial charge in [-0.3, -0.25) is 0 Å². The van der Waals surface area contributed by atoms with E-state index in [9.17, 15) is 4.39 Å². The normalized spacial score (nSPS) is 19.9. The molecule has 2 fully saturated rings. The molecule has 1 nitrogen and oxygen atoms in total. The Morgan fingerprint density at radius 1 is 1.24 bits per heavy atom. The van der Waals surface area contributed by atoms with E-state index in [2.05, 4.69) is 6.08 Å². The number of halogens is 1. The third-order valence-corrected chi connectivity index (χ3v) is 3.38. The summed E-state index contributed by atoms with van der Waals surface area (Å²) < 4.78 is 19.6. The van der Waals surface area contributed by atoms with E-state index in [-0.39, 0.29) is 11.9 Å². The molecular formula is C15H17FO. The fourth-order valence-electron chi connectivity index (χ4n) is 1.84. The van der Waals surface area contributed by atoms with Crippen molar-refractivity contribution in [1.82, 2.24) is 0 Å². The molecule has 0 heterocycles. The fraction of sp³-hybridized carbons (Fsp3) is 0.467. The van der Waals surface area contributed by atoms with Crippen LogP contribution in [0.25, 0.3) is 6.08 Å². The lowest BCUT2D eigenvalue weighted by molar-refractivity contribution is 0.287. The average molecular weight is 232 g/mol. The van der Waals surface area contributed by atoms with Crippen molar-refractivity contribution in [2.24, 2.45) is 5.92 Å². The summed E-state index contributed by atoms with van der Waals surface area (Å²) in [5.74, 6) is 0.934. The van der Waals surface area contributed by atoms with Gasteiger partial charge in [0.2, 0.25) is 0 Å².